The molecule has 4 amide bonds. The molecule has 17 nitrogen and oxygen atoms in total. The lowest BCUT2D eigenvalue weighted by Gasteiger charge is -2.32. The summed E-state index contributed by atoms with van der Waals surface area (Å²) in [6, 6.07) is 21.2. The van der Waals surface area contributed by atoms with E-state index >= 15 is 0 Å². The van der Waals surface area contributed by atoms with Crippen molar-refractivity contribution in [1.82, 2.24) is 40.4 Å². The second kappa shape index (κ2) is 17.4. The quantitative estimate of drug-likeness (QED) is 0.102. The molecule has 2 aromatic heterocycles. The molecule has 0 radical (unpaired) electrons. The lowest BCUT2D eigenvalue weighted by Crippen LogP contribution is -2.54. The van der Waals surface area contributed by atoms with Gasteiger partial charge in [0.1, 0.15) is 36.1 Å². The fourth-order valence-corrected chi connectivity index (χ4v) is 10.2. The Balaban J connectivity index is 0.912. The number of likely N-dealkylation sites (tertiary alicyclic amines) is 2. The van der Waals surface area contributed by atoms with Crippen molar-refractivity contribution >= 4 is 45.8 Å². The van der Waals surface area contributed by atoms with Crippen LogP contribution in [0.1, 0.15) is 67.1 Å². The van der Waals surface area contributed by atoms with Crippen molar-refractivity contribution in [3.8, 4) is 28.1 Å². The summed E-state index contributed by atoms with van der Waals surface area (Å²) < 4.78 is 27.2. The monoisotopic (exact) mass is 896 g/mol. The molecule has 0 bridgehead atoms. The number of aromatic amines is 2. The van der Waals surface area contributed by atoms with Crippen molar-refractivity contribution < 1.29 is 42.9 Å². The number of nitrogens with zero attached hydrogens (tertiary/aromatic N) is 4. The molecule has 6 aromatic rings. The molecule has 4 aromatic carbocycles. The van der Waals surface area contributed by atoms with Gasteiger partial charge in [0.25, 0.3) is 5.91 Å². The van der Waals surface area contributed by atoms with Gasteiger partial charge in [0.15, 0.2) is 0 Å². The summed E-state index contributed by atoms with van der Waals surface area (Å²) in [5.41, 5.74) is 7.06. The van der Waals surface area contributed by atoms with Gasteiger partial charge in [-0.15, -0.1) is 0 Å². The normalized spacial score (nSPS) is 21.9. The van der Waals surface area contributed by atoms with E-state index < -0.39 is 36.4 Å². The topological polar surface area (TPSA) is 202 Å². The molecule has 3 fully saturated rings. The number of nitrogens with one attached hydrogen (secondary N) is 4. The molecule has 4 aliphatic rings. The van der Waals surface area contributed by atoms with Crippen LogP contribution in [0, 0.1) is 11.8 Å². The van der Waals surface area contributed by atoms with Crippen LogP contribution in [0.4, 0.5) is 9.59 Å². The summed E-state index contributed by atoms with van der Waals surface area (Å²) in [6.07, 6.45) is 2.17. The van der Waals surface area contributed by atoms with E-state index in [2.05, 4.69) is 57.0 Å². The molecule has 4 N–H and O–H groups in total. The number of imidazole rings is 2. The summed E-state index contributed by atoms with van der Waals surface area (Å²) in [5, 5.41) is 7.36. The molecule has 17 heteroatoms. The zero-order chi connectivity index (χ0) is 45.8. The Kier molecular flexibility index (Phi) is 11.3. The van der Waals surface area contributed by atoms with E-state index in [-0.39, 0.29) is 29.8 Å². The fourth-order valence-electron chi connectivity index (χ4n) is 10.2. The Labute approximate surface area is 380 Å². The minimum Gasteiger partial charge on any atom is -0.488 e. The second-order valence-electron chi connectivity index (χ2n) is 17.7. The molecule has 8 atom stereocenters. The minimum absolute atomic E-state index is 0.0557. The number of H-pyrrole nitrogens is 2. The Hall–Kier alpha value is -6.98. The van der Waals surface area contributed by atoms with Crippen molar-refractivity contribution in [2.75, 3.05) is 41.6 Å². The van der Waals surface area contributed by atoms with Gasteiger partial charge in [-0.1, -0.05) is 48.5 Å². The summed E-state index contributed by atoms with van der Waals surface area (Å²) in [6.45, 7) is 3.00. The largest absolute Gasteiger partial charge is 0.488 e. The van der Waals surface area contributed by atoms with Crippen LogP contribution in [-0.2, 0) is 35.1 Å². The van der Waals surface area contributed by atoms with Crippen LogP contribution in [0.25, 0.3) is 44.2 Å². The highest BCUT2D eigenvalue weighted by Crippen LogP contribution is 2.53. The SMILES string of the molecule is COC[C@H]1C[C@@H](c2nc3ccc4cc5c(cc4c3[nH]2)OCc2cc(-c3cnc([C@@H]4CC6CC6N4C(=O)C(NC(=O)OC)[C@@H](C)OC)[nH]3)ccc2-5)N(C(=O)[C@H](NC(=O)OC)c2ccccc2)C1. The Morgan fingerprint density at radius 2 is 1.65 bits per heavy atom. The van der Waals surface area contributed by atoms with Crippen LogP contribution in [0.15, 0.2) is 79.0 Å². The summed E-state index contributed by atoms with van der Waals surface area (Å²) in [4.78, 5) is 73.7. The van der Waals surface area contributed by atoms with E-state index in [4.69, 9.17) is 33.7 Å². The van der Waals surface area contributed by atoms with Gasteiger partial charge in [-0.2, -0.15) is 0 Å². The van der Waals surface area contributed by atoms with Crippen molar-refractivity contribution in [1.29, 1.82) is 0 Å². The van der Waals surface area contributed by atoms with E-state index in [1.165, 1.54) is 21.3 Å². The van der Waals surface area contributed by atoms with Gasteiger partial charge in [0.05, 0.1) is 61.9 Å². The number of alkyl carbamates (subject to hydrolysis) is 2. The summed E-state index contributed by atoms with van der Waals surface area (Å²) in [5.74, 6) is 2.05. The first-order valence-corrected chi connectivity index (χ1v) is 22.2. The van der Waals surface area contributed by atoms with Crippen LogP contribution < -0.4 is 15.4 Å². The van der Waals surface area contributed by atoms with E-state index in [1.807, 2.05) is 41.3 Å². The van der Waals surface area contributed by atoms with Crippen LogP contribution >= 0.6 is 0 Å². The first-order chi connectivity index (χ1) is 32.1. The summed E-state index contributed by atoms with van der Waals surface area (Å²) >= 11 is 0. The molecular formula is C49H52N8O9. The number of hydrogen-bond donors (Lipinski definition) is 4. The zero-order valence-corrected chi connectivity index (χ0v) is 37.3. The van der Waals surface area contributed by atoms with Crippen LogP contribution in [0.3, 0.4) is 0 Å². The molecule has 3 aliphatic heterocycles. The minimum atomic E-state index is -0.958. The first kappa shape index (κ1) is 42.9. The van der Waals surface area contributed by atoms with Gasteiger partial charge in [-0.05, 0) is 84.0 Å². The molecular weight excluding hydrogens is 845 g/mol. The van der Waals surface area contributed by atoms with Crippen LogP contribution in [0.5, 0.6) is 5.75 Å². The Morgan fingerprint density at radius 1 is 0.848 bits per heavy atom. The smallest absolute Gasteiger partial charge is 0.407 e. The molecule has 5 heterocycles. The molecule has 10 rings (SSSR count). The van der Waals surface area contributed by atoms with Crippen molar-refractivity contribution in [2.24, 2.45) is 11.8 Å². The zero-order valence-electron chi connectivity index (χ0n) is 37.3. The first-order valence-electron chi connectivity index (χ1n) is 22.2. The number of benzene rings is 4. The van der Waals surface area contributed by atoms with E-state index in [9.17, 15) is 19.2 Å². The maximum Gasteiger partial charge on any atom is 0.407 e. The van der Waals surface area contributed by atoms with Gasteiger partial charge in [0, 0.05) is 43.7 Å². The number of carbonyl (C=O) groups excluding carboxylic acids is 4. The average Bonchev–Trinajstić information content (AvgIpc) is 3.81. The summed E-state index contributed by atoms with van der Waals surface area (Å²) in [7, 11) is 5.71. The number of aromatic nitrogens is 4. The number of carbonyl (C=O) groups is 4. The number of amides is 4. The number of fused-ring (bicyclic) bond motifs is 7. The maximum atomic E-state index is 14.4. The molecule has 0 spiro atoms. The number of ether oxygens (including phenoxy) is 5. The molecule has 1 aliphatic carbocycles. The molecule has 66 heavy (non-hydrogen) atoms. The van der Waals surface area contributed by atoms with Gasteiger partial charge < -0.3 is 54.1 Å². The molecule has 342 valence electrons. The lowest BCUT2D eigenvalue weighted by molar-refractivity contribution is -0.139. The highest BCUT2D eigenvalue weighted by atomic mass is 16.5. The standard InChI is InChI=1S/C49H52N8O9/c1-25(63-3)41(54-48(60)64-4)47(59)57-37-18-30(37)19-39(57)44-50-21-36(52-44)29-11-13-32-31(16-29)24-66-40-20-33-28(17-34(32)40)12-14-35-43(33)53-45(51-35)38-15-26(23-62-2)22-56(38)46(58)42(55-49(61)65-5)27-9-7-6-8-10-27/h6-14,16-17,20-21,25-26,30,37-39,41-42H,15,18-19,22-24H2,1-5H3,(H,50,52)(H,51,53)(H,54,60)(H,55,61)/t25-,26+,30?,37?,38+,39+,41?,42-/m1/s1. The average molecular weight is 897 g/mol. The molecule has 1 saturated carbocycles. The van der Waals surface area contributed by atoms with Crippen molar-refractivity contribution in [3.05, 3.63) is 102 Å². The molecule has 3 unspecified atom stereocenters. The highest BCUT2D eigenvalue weighted by Gasteiger charge is 2.56. The fraction of sp³-hybridized carbons (Fsp3) is 0.388. The van der Waals surface area contributed by atoms with Gasteiger partial charge in [0.2, 0.25) is 5.91 Å². The predicted octanol–water partition coefficient (Wildman–Crippen LogP) is 6.72. The predicted molar refractivity (Wildman–Crippen MR) is 242 cm³/mol. The third-order valence-corrected chi connectivity index (χ3v) is 13.7. The number of rotatable bonds is 12. The van der Waals surface area contributed by atoms with Gasteiger partial charge in [-0.25, -0.2) is 19.6 Å². The Morgan fingerprint density at radius 3 is 2.42 bits per heavy atom. The van der Waals surface area contributed by atoms with Crippen molar-refractivity contribution in [3.63, 3.8) is 0 Å². The molecule has 2 saturated heterocycles. The third-order valence-electron chi connectivity index (χ3n) is 13.7. The lowest BCUT2D eigenvalue weighted by atomic mass is 9.92. The van der Waals surface area contributed by atoms with Crippen molar-refractivity contribution in [2.45, 2.75) is 69.1 Å². The van der Waals surface area contributed by atoms with E-state index in [0.29, 0.717) is 49.3 Å². The maximum absolute atomic E-state index is 14.4. The number of hydrogen-bond acceptors (Lipinski definition) is 11. The second-order valence-corrected chi connectivity index (χ2v) is 17.7. The third kappa shape index (κ3) is 7.74. The van der Waals surface area contributed by atoms with Crippen LogP contribution in [-0.4, -0.2) is 114 Å². The van der Waals surface area contributed by atoms with Gasteiger partial charge >= 0.3 is 12.2 Å². The van der Waals surface area contributed by atoms with Crippen LogP contribution in [0.2, 0.25) is 0 Å². The number of piperidine rings is 1. The Bertz CT molecular complexity index is 2850. The van der Waals surface area contributed by atoms with E-state index in [1.54, 1.807) is 25.1 Å². The van der Waals surface area contributed by atoms with E-state index in [0.717, 1.165) is 68.3 Å². The number of methoxy groups -OCH3 is 4. The highest BCUT2D eigenvalue weighted by molar-refractivity contribution is 6.07. The van der Waals surface area contributed by atoms with Gasteiger partial charge in [-0.3, -0.25) is 9.59 Å².